The number of benzene rings is 1. The van der Waals surface area contributed by atoms with Crippen LogP contribution in [0.25, 0.3) is 0 Å². The average molecular weight is 349 g/mol. The summed E-state index contributed by atoms with van der Waals surface area (Å²) in [6, 6.07) is 5.49. The van der Waals surface area contributed by atoms with E-state index in [0.29, 0.717) is 10.0 Å². The fourth-order valence-corrected chi connectivity index (χ4v) is 3.07. The van der Waals surface area contributed by atoms with Crippen LogP contribution in [0.2, 0.25) is 10.0 Å². The first-order chi connectivity index (χ1) is 8.52. The second-order valence-corrected chi connectivity index (χ2v) is 5.65. The smallest absolute Gasteiger partial charge is 0.0758 e. The Morgan fingerprint density at radius 1 is 1.28 bits per heavy atom. The van der Waals surface area contributed by atoms with Crippen molar-refractivity contribution in [1.82, 2.24) is 15.1 Å². The molecule has 6 heteroatoms. The van der Waals surface area contributed by atoms with E-state index in [-0.39, 0.29) is 6.04 Å². The lowest BCUT2D eigenvalue weighted by molar-refractivity contribution is 0.604. The standard InChI is InChI=1S/C12H12BrCl2N3/c1-16-11(12-10(13)6-17-18(12)2)7-3-8(14)5-9(15)4-7/h3-6,11,16H,1-2H3. The molecule has 0 saturated heterocycles. The summed E-state index contributed by atoms with van der Waals surface area (Å²) in [6.07, 6.45) is 1.77. The zero-order valence-corrected chi connectivity index (χ0v) is 13.0. The maximum absolute atomic E-state index is 6.05. The minimum atomic E-state index is -0.0249. The number of aromatic nitrogens is 2. The van der Waals surface area contributed by atoms with E-state index in [4.69, 9.17) is 23.2 Å². The first kappa shape index (κ1) is 13.9. The Morgan fingerprint density at radius 3 is 2.33 bits per heavy atom. The highest BCUT2D eigenvalue weighted by atomic mass is 79.9. The van der Waals surface area contributed by atoms with Crippen LogP contribution < -0.4 is 5.32 Å². The van der Waals surface area contributed by atoms with E-state index in [1.807, 2.05) is 30.9 Å². The number of nitrogens with zero attached hydrogens (tertiary/aromatic N) is 2. The van der Waals surface area contributed by atoms with E-state index in [9.17, 15) is 0 Å². The van der Waals surface area contributed by atoms with E-state index in [1.165, 1.54) is 0 Å². The molecular weight excluding hydrogens is 337 g/mol. The molecule has 0 bridgehead atoms. The summed E-state index contributed by atoms with van der Waals surface area (Å²) in [7, 11) is 3.79. The molecule has 1 N–H and O–H groups in total. The molecule has 0 saturated carbocycles. The van der Waals surface area contributed by atoms with Crippen LogP contribution in [-0.2, 0) is 7.05 Å². The Hall–Kier alpha value is -0.550. The topological polar surface area (TPSA) is 29.9 Å². The molecule has 0 radical (unpaired) electrons. The number of halogens is 3. The normalized spacial score (nSPS) is 12.7. The first-order valence-electron chi connectivity index (χ1n) is 5.33. The predicted molar refractivity (Wildman–Crippen MR) is 78.3 cm³/mol. The number of rotatable bonds is 3. The van der Waals surface area contributed by atoms with Gasteiger partial charge in [0.2, 0.25) is 0 Å². The van der Waals surface area contributed by atoms with Gasteiger partial charge in [0.05, 0.1) is 22.4 Å². The fourth-order valence-electron chi connectivity index (χ4n) is 1.95. The second-order valence-electron chi connectivity index (χ2n) is 3.93. The van der Waals surface area contributed by atoms with Crippen LogP contribution in [0, 0.1) is 0 Å². The van der Waals surface area contributed by atoms with Crippen molar-refractivity contribution < 1.29 is 0 Å². The zero-order chi connectivity index (χ0) is 13.3. The molecule has 0 spiro atoms. The van der Waals surface area contributed by atoms with Gasteiger partial charge in [-0.15, -0.1) is 0 Å². The SMILES string of the molecule is CNC(c1cc(Cl)cc(Cl)c1)c1c(Br)cnn1C. The molecule has 0 aliphatic carbocycles. The van der Waals surface area contributed by atoms with E-state index in [0.717, 1.165) is 15.7 Å². The molecule has 18 heavy (non-hydrogen) atoms. The number of aryl methyl sites for hydroxylation is 1. The highest BCUT2D eigenvalue weighted by Gasteiger charge is 2.19. The van der Waals surface area contributed by atoms with Gasteiger partial charge < -0.3 is 5.32 Å². The molecule has 0 fully saturated rings. The van der Waals surface area contributed by atoms with Crippen molar-refractivity contribution in [2.75, 3.05) is 7.05 Å². The quantitative estimate of drug-likeness (QED) is 0.914. The monoisotopic (exact) mass is 347 g/mol. The van der Waals surface area contributed by atoms with Gasteiger partial charge in [-0.1, -0.05) is 23.2 Å². The molecule has 2 aromatic rings. The highest BCUT2D eigenvalue weighted by molar-refractivity contribution is 9.10. The van der Waals surface area contributed by atoms with E-state index in [2.05, 4.69) is 26.3 Å². The van der Waals surface area contributed by atoms with Crippen molar-refractivity contribution in [3.05, 3.63) is 50.2 Å². The second kappa shape index (κ2) is 5.61. The average Bonchev–Trinajstić information content (AvgIpc) is 2.61. The van der Waals surface area contributed by atoms with Gasteiger partial charge >= 0.3 is 0 Å². The first-order valence-corrected chi connectivity index (χ1v) is 6.88. The molecule has 1 aromatic heterocycles. The van der Waals surface area contributed by atoms with Gasteiger partial charge in [0, 0.05) is 17.1 Å². The largest absolute Gasteiger partial charge is 0.308 e. The highest BCUT2D eigenvalue weighted by Crippen LogP contribution is 2.31. The summed E-state index contributed by atoms with van der Waals surface area (Å²) < 4.78 is 2.76. The lowest BCUT2D eigenvalue weighted by Gasteiger charge is -2.18. The Labute approximate surface area is 124 Å². The maximum Gasteiger partial charge on any atom is 0.0758 e. The third-order valence-corrected chi connectivity index (χ3v) is 3.77. The Morgan fingerprint density at radius 2 is 1.89 bits per heavy atom. The molecule has 0 aliphatic rings. The van der Waals surface area contributed by atoms with Crippen molar-refractivity contribution in [3.8, 4) is 0 Å². The van der Waals surface area contributed by atoms with Crippen LogP contribution in [0.15, 0.2) is 28.9 Å². The minimum absolute atomic E-state index is 0.0249. The van der Waals surface area contributed by atoms with Crippen molar-refractivity contribution >= 4 is 39.1 Å². The zero-order valence-electron chi connectivity index (χ0n) is 9.92. The number of hydrogen-bond donors (Lipinski definition) is 1. The van der Waals surface area contributed by atoms with Crippen molar-refractivity contribution in [2.24, 2.45) is 7.05 Å². The Balaban J connectivity index is 2.52. The minimum Gasteiger partial charge on any atom is -0.308 e. The van der Waals surface area contributed by atoms with Gasteiger partial charge in [-0.25, -0.2) is 0 Å². The van der Waals surface area contributed by atoms with Gasteiger partial charge in [0.15, 0.2) is 0 Å². The molecule has 0 amide bonds. The lowest BCUT2D eigenvalue weighted by atomic mass is 10.0. The van der Waals surface area contributed by atoms with Gasteiger partial charge in [0.1, 0.15) is 0 Å². The third-order valence-electron chi connectivity index (χ3n) is 2.72. The van der Waals surface area contributed by atoms with Crippen LogP contribution in [0.1, 0.15) is 17.3 Å². The molecule has 96 valence electrons. The number of nitrogens with one attached hydrogen (secondary N) is 1. The molecule has 1 unspecified atom stereocenters. The summed E-state index contributed by atoms with van der Waals surface area (Å²) >= 11 is 15.6. The fraction of sp³-hybridized carbons (Fsp3) is 0.250. The molecule has 0 aliphatic heterocycles. The van der Waals surface area contributed by atoms with Crippen LogP contribution in [0.3, 0.4) is 0 Å². The van der Waals surface area contributed by atoms with Gasteiger partial charge in [0.25, 0.3) is 0 Å². The Kier molecular flexibility index (Phi) is 4.33. The van der Waals surface area contributed by atoms with Crippen LogP contribution in [0.4, 0.5) is 0 Å². The molecule has 1 heterocycles. The summed E-state index contributed by atoms with van der Waals surface area (Å²) in [6.45, 7) is 0. The summed E-state index contributed by atoms with van der Waals surface area (Å²) in [5.41, 5.74) is 2.02. The maximum atomic E-state index is 6.05. The van der Waals surface area contributed by atoms with Gasteiger partial charge in [-0.2, -0.15) is 5.10 Å². The van der Waals surface area contributed by atoms with Crippen LogP contribution in [0.5, 0.6) is 0 Å². The summed E-state index contributed by atoms with van der Waals surface area (Å²) in [4.78, 5) is 0. The van der Waals surface area contributed by atoms with Crippen molar-refractivity contribution in [1.29, 1.82) is 0 Å². The summed E-state index contributed by atoms with van der Waals surface area (Å²) in [5, 5.41) is 8.71. The molecule has 3 nitrogen and oxygen atoms in total. The van der Waals surface area contributed by atoms with E-state index in [1.54, 1.807) is 12.3 Å². The van der Waals surface area contributed by atoms with Gasteiger partial charge in [-0.05, 0) is 46.7 Å². The van der Waals surface area contributed by atoms with Crippen LogP contribution in [-0.4, -0.2) is 16.8 Å². The van der Waals surface area contributed by atoms with Crippen LogP contribution >= 0.6 is 39.1 Å². The van der Waals surface area contributed by atoms with Crippen molar-refractivity contribution in [3.63, 3.8) is 0 Å². The van der Waals surface area contributed by atoms with E-state index < -0.39 is 0 Å². The molecule has 1 atom stereocenters. The molecular formula is C12H12BrCl2N3. The third kappa shape index (κ3) is 2.72. The number of hydrogen-bond acceptors (Lipinski definition) is 2. The van der Waals surface area contributed by atoms with E-state index >= 15 is 0 Å². The predicted octanol–water partition coefficient (Wildman–Crippen LogP) is 3.80. The van der Waals surface area contributed by atoms with Crippen molar-refractivity contribution in [2.45, 2.75) is 6.04 Å². The Bertz CT molecular complexity index is 529. The molecule has 1 aromatic carbocycles. The van der Waals surface area contributed by atoms with Gasteiger partial charge in [-0.3, -0.25) is 4.68 Å². The summed E-state index contributed by atoms with van der Waals surface area (Å²) in [5.74, 6) is 0. The lowest BCUT2D eigenvalue weighted by Crippen LogP contribution is -2.21. The molecule has 2 rings (SSSR count).